The van der Waals surface area contributed by atoms with Crippen LogP contribution in [0.5, 0.6) is 0 Å². The molecule has 4 aromatic rings. The largest absolute Gasteiger partial charge is 0.356 e. The molecule has 0 atom stereocenters. The molecular weight excluding hydrogens is 466 g/mol. The fourth-order valence-electron chi connectivity index (χ4n) is 3.10. The molecular formula is C26H26ClN5OS. The number of para-hydroxylation sites is 1. The van der Waals surface area contributed by atoms with E-state index in [-0.39, 0.29) is 18.4 Å². The van der Waals surface area contributed by atoms with Gasteiger partial charge in [-0.3, -0.25) is 0 Å². The SMILES string of the molecule is Cl.O=C(NCCc1ccc(N/C=N/c2cccs2)cc1)Nc1ccc(Nc2ccccc2)cc1. The number of carbonyl (C=O) groups excluding carboxylic acids is 1. The summed E-state index contributed by atoms with van der Waals surface area (Å²) in [5, 5.41) is 15.2. The van der Waals surface area contributed by atoms with E-state index in [4.69, 9.17) is 0 Å². The number of urea groups is 1. The van der Waals surface area contributed by atoms with Gasteiger partial charge >= 0.3 is 6.03 Å². The van der Waals surface area contributed by atoms with Crippen molar-refractivity contribution in [2.24, 2.45) is 4.99 Å². The molecule has 3 aromatic carbocycles. The molecule has 34 heavy (non-hydrogen) atoms. The van der Waals surface area contributed by atoms with Crippen LogP contribution in [0.15, 0.2) is 101 Å². The van der Waals surface area contributed by atoms with Crippen LogP contribution in [-0.2, 0) is 6.42 Å². The van der Waals surface area contributed by atoms with Gasteiger partial charge in [0.05, 0.1) is 6.34 Å². The number of anilines is 4. The minimum atomic E-state index is -0.221. The molecule has 174 valence electrons. The summed E-state index contributed by atoms with van der Waals surface area (Å²) in [5.74, 6) is 0. The molecule has 8 heteroatoms. The van der Waals surface area contributed by atoms with Crippen LogP contribution < -0.4 is 21.3 Å². The maximum absolute atomic E-state index is 12.2. The number of thiophene rings is 1. The third kappa shape index (κ3) is 7.95. The highest BCUT2D eigenvalue weighted by atomic mass is 35.5. The predicted octanol–water partition coefficient (Wildman–Crippen LogP) is 7.05. The Balaban J connectivity index is 0.00000324. The Morgan fingerprint density at radius 2 is 1.47 bits per heavy atom. The number of hydrogen-bond donors (Lipinski definition) is 4. The van der Waals surface area contributed by atoms with E-state index in [1.165, 1.54) is 0 Å². The zero-order valence-electron chi connectivity index (χ0n) is 18.4. The van der Waals surface area contributed by atoms with Crippen LogP contribution in [0.1, 0.15) is 5.56 Å². The number of rotatable bonds is 9. The number of carbonyl (C=O) groups is 1. The molecule has 2 amide bonds. The zero-order valence-corrected chi connectivity index (χ0v) is 20.0. The highest BCUT2D eigenvalue weighted by Gasteiger charge is 2.02. The summed E-state index contributed by atoms with van der Waals surface area (Å²) in [5.41, 5.74) is 4.84. The van der Waals surface area contributed by atoms with Crippen molar-refractivity contribution >= 4 is 63.9 Å². The van der Waals surface area contributed by atoms with Crippen LogP contribution in [0.3, 0.4) is 0 Å². The minimum Gasteiger partial charge on any atom is -0.356 e. The quantitative estimate of drug-likeness (QED) is 0.150. The molecule has 1 aromatic heterocycles. The van der Waals surface area contributed by atoms with Gasteiger partial charge in [0.2, 0.25) is 0 Å². The Labute approximate surface area is 209 Å². The molecule has 0 aliphatic rings. The van der Waals surface area contributed by atoms with Gasteiger partial charge in [0.15, 0.2) is 0 Å². The van der Waals surface area contributed by atoms with Crippen molar-refractivity contribution in [2.45, 2.75) is 6.42 Å². The van der Waals surface area contributed by atoms with Crippen LogP contribution in [-0.4, -0.2) is 18.9 Å². The third-order valence-corrected chi connectivity index (χ3v) is 5.56. The smallest absolute Gasteiger partial charge is 0.319 e. The standard InChI is InChI=1S/C26H25N5OS.ClH/c32-26(31-24-14-12-23(13-15-24)30-22-5-2-1-3-6-22)27-17-16-20-8-10-21(11-9-20)28-19-29-25-7-4-18-33-25;/h1-15,18-19,30H,16-17H2,(H,28,29)(H2,27,31,32);1H. The van der Waals surface area contributed by atoms with Crippen LogP contribution in [0.25, 0.3) is 0 Å². The van der Waals surface area contributed by atoms with Gasteiger partial charge in [-0.15, -0.1) is 23.7 Å². The normalized spacial score (nSPS) is 10.4. The first-order chi connectivity index (χ1) is 16.2. The van der Waals surface area contributed by atoms with Gasteiger partial charge in [0.25, 0.3) is 0 Å². The lowest BCUT2D eigenvalue weighted by atomic mass is 10.1. The molecule has 0 spiro atoms. The molecule has 1 heterocycles. The lowest BCUT2D eigenvalue weighted by Crippen LogP contribution is -2.30. The molecule has 4 rings (SSSR count). The van der Waals surface area contributed by atoms with Gasteiger partial charge in [0, 0.05) is 29.3 Å². The Hall–Kier alpha value is -3.81. The number of nitrogens with one attached hydrogen (secondary N) is 4. The van der Waals surface area contributed by atoms with E-state index in [9.17, 15) is 4.79 Å². The van der Waals surface area contributed by atoms with E-state index in [0.29, 0.717) is 6.54 Å². The van der Waals surface area contributed by atoms with Gasteiger partial charge in [0.1, 0.15) is 5.00 Å². The number of aliphatic imine (C=N–C) groups is 1. The van der Waals surface area contributed by atoms with Gasteiger partial charge in [-0.25, -0.2) is 9.79 Å². The zero-order chi connectivity index (χ0) is 22.7. The van der Waals surface area contributed by atoms with Crippen LogP contribution in [0.2, 0.25) is 0 Å². The number of halogens is 1. The molecule has 0 saturated heterocycles. The highest BCUT2D eigenvalue weighted by molar-refractivity contribution is 7.13. The molecule has 0 saturated carbocycles. The summed E-state index contributed by atoms with van der Waals surface area (Å²) in [6, 6.07) is 29.4. The first kappa shape index (κ1) is 24.8. The number of amides is 2. The maximum Gasteiger partial charge on any atom is 0.319 e. The first-order valence-corrected chi connectivity index (χ1v) is 11.5. The Kier molecular flexibility index (Phi) is 9.52. The summed E-state index contributed by atoms with van der Waals surface area (Å²) in [4.78, 5) is 16.5. The third-order valence-electron chi connectivity index (χ3n) is 4.79. The van der Waals surface area contributed by atoms with E-state index in [2.05, 4.69) is 26.3 Å². The van der Waals surface area contributed by atoms with Crippen molar-refractivity contribution < 1.29 is 4.79 Å². The summed E-state index contributed by atoms with van der Waals surface area (Å²) < 4.78 is 0. The average Bonchev–Trinajstić information content (AvgIpc) is 3.36. The van der Waals surface area contributed by atoms with E-state index in [1.54, 1.807) is 17.7 Å². The Morgan fingerprint density at radius 1 is 0.794 bits per heavy atom. The summed E-state index contributed by atoms with van der Waals surface area (Å²) in [6.45, 7) is 0.548. The monoisotopic (exact) mass is 491 g/mol. The van der Waals surface area contributed by atoms with E-state index in [0.717, 1.165) is 39.7 Å². The van der Waals surface area contributed by atoms with Gasteiger partial charge in [-0.2, -0.15) is 0 Å². The van der Waals surface area contributed by atoms with Crippen molar-refractivity contribution in [3.8, 4) is 0 Å². The van der Waals surface area contributed by atoms with Crippen molar-refractivity contribution in [3.05, 3.63) is 102 Å². The van der Waals surface area contributed by atoms with Crippen LogP contribution in [0, 0.1) is 0 Å². The highest BCUT2D eigenvalue weighted by Crippen LogP contribution is 2.19. The maximum atomic E-state index is 12.2. The topological polar surface area (TPSA) is 77.5 Å². The number of hydrogen-bond acceptors (Lipinski definition) is 4. The second-order valence-corrected chi connectivity index (χ2v) is 8.18. The minimum absolute atomic E-state index is 0. The van der Waals surface area contributed by atoms with Crippen molar-refractivity contribution in [1.29, 1.82) is 0 Å². The molecule has 0 radical (unpaired) electrons. The first-order valence-electron chi connectivity index (χ1n) is 10.6. The average molecular weight is 492 g/mol. The van der Waals surface area contributed by atoms with Crippen molar-refractivity contribution in [1.82, 2.24) is 5.32 Å². The second-order valence-electron chi connectivity index (χ2n) is 7.25. The lowest BCUT2D eigenvalue weighted by Gasteiger charge is -2.10. The summed E-state index contributed by atoms with van der Waals surface area (Å²) in [6.07, 6.45) is 2.44. The molecule has 0 aliphatic carbocycles. The summed E-state index contributed by atoms with van der Waals surface area (Å²) >= 11 is 1.59. The Bertz CT molecular complexity index is 1160. The summed E-state index contributed by atoms with van der Waals surface area (Å²) in [7, 11) is 0. The van der Waals surface area contributed by atoms with Crippen LogP contribution >= 0.6 is 23.7 Å². The molecule has 6 nitrogen and oxygen atoms in total. The number of benzene rings is 3. The number of nitrogens with zero attached hydrogens (tertiary/aromatic N) is 1. The van der Waals surface area contributed by atoms with E-state index < -0.39 is 0 Å². The van der Waals surface area contributed by atoms with E-state index in [1.807, 2.05) is 96.4 Å². The molecule has 0 fully saturated rings. The van der Waals surface area contributed by atoms with E-state index >= 15 is 0 Å². The van der Waals surface area contributed by atoms with Gasteiger partial charge < -0.3 is 21.3 Å². The predicted molar refractivity (Wildman–Crippen MR) is 147 cm³/mol. The van der Waals surface area contributed by atoms with Gasteiger partial charge in [-0.05, 0) is 78.0 Å². The fourth-order valence-corrected chi connectivity index (χ4v) is 3.67. The Morgan fingerprint density at radius 3 is 2.18 bits per heavy atom. The molecule has 0 aliphatic heterocycles. The fraction of sp³-hybridized carbons (Fsp3) is 0.0769. The second kappa shape index (κ2) is 13.0. The lowest BCUT2D eigenvalue weighted by molar-refractivity contribution is 0.252. The van der Waals surface area contributed by atoms with Crippen molar-refractivity contribution in [2.75, 3.05) is 22.5 Å². The molecule has 0 bridgehead atoms. The van der Waals surface area contributed by atoms with Crippen LogP contribution in [0.4, 0.5) is 32.5 Å². The van der Waals surface area contributed by atoms with Gasteiger partial charge in [-0.1, -0.05) is 30.3 Å². The molecule has 4 N–H and O–H groups in total. The molecule has 0 unspecified atom stereocenters. The van der Waals surface area contributed by atoms with Crippen molar-refractivity contribution in [3.63, 3.8) is 0 Å².